The summed E-state index contributed by atoms with van der Waals surface area (Å²) in [7, 11) is 0. The number of hydrogen-bond acceptors (Lipinski definition) is 3. The van der Waals surface area contributed by atoms with E-state index in [-0.39, 0.29) is 0 Å². The molecule has 0 bridgehead atoms. The van der Waals surface area contributed by atoms with Gasteiger partial charge in [-0.3, -0.25) is 0 Å². The monoisotopic (exact) mass is 97.0 g/mol. The summed E-state index contributed by atoms with van der Waals surface area (Å²) < 4.78 is 4.56. The van der Waals surface area contributed by atoms with E-state index in [4.69, 9.17) is 0 Å². The van der Waals surface area contributed by atoms with Crippen LogP contribution in [0, 0.1) is 6.92 Å². The van der Waals surface area contributed by atoms with Crippen LogP contribution in [-0.2, 0) is 6.42 Å². The minimum atomic E-state index is 0.569. The average Bonchev–Trinajstić information content (AvgIpc) is 2.14. The third-order valence-electron chi connectivity index (χ3n) is 0.621. The lowest BCUT2D eigenvalue weighted by atomic mass is 10.5. The zero-order valence-electron chi connectivity index (χ0n) is 3.79. The van der Waals surface area contributed by atoms with Crippen molar-refractivity contribution >= 4 is 0 Å². The van der Waals surface area contributed by atoms with Gasteiger partial charge in [0.15, 0.2) is 6.33 Å². The van der Waals surface area contributed by atoms with Gasteiger partial charge in [-0.05, 0) is 6.92 Å². The van der Waals surface area contributed by atoms with E-state index >= 15 is 0 Å². The van der Waals surface area contributed by atoms with Crippen LogP contribution in [0.5, 0.6) is 0 Å². The normalized spacial score (nSPS) is 9.29. The Balaban J connectivity index is 2.76. The zero-order chi connectivity index (χ0) is 5.11. The molecule has 0 aromatic carbocycles. The average molecular weight is 97.1 g/mol. The van der Waals surface area contributed by atoms with E-state index in [1.807, 2.05) is 0 Å². The summed E-state index contributed by atoms with van der Waals surface area (Å²) >= 11 is 0. The van der Waals surface area contributed by atoms with Crippen molar-refractivity contribution in [2.75, 3.05) is 0 Å². The summed E-state index contributed by atoms with van der Waals surface area (Å²) in [5.41, 5.74) is 0. The summed E-state index contributed by atoms with van der Waals surface area (Å²) in [5, 5.41) is 3.37. The number of nitrogens with zero attached hydrogens (tertiary/aromatic N) is 2. The smallest absolute Gasteiger partial charge is 0.226 e. The predicted molar refractivity (Wildman–Crippen MR) is 23.4 cm³/mol. The maximum absolute atomic E-state index is 4.56. The van der Waals surface area contributed by atoms with Gasteiger partial charge in [-0.15, -0.1) is 0 Å². The van der Waals surface area contributed by atoms with Crippen LogP contribution in [0.4, 0.5) is 0 Å². The molecule has 1 heterocycles. The highest BCUT2D eigenvalue weighted by molar-refractivity contribution is 4.74. The van der Waals surface area contributed by atoms with E-state index < -0.39 is 0 Å². The van der Waals surface area contributed by atoms with Crippen molar-refractivity contribution < 1.29 is 4.52 Å². The molecule has 0 atom stereocenters. The van der Waals surface area contributed by atoms with E-state index in [9.17, 15) is 0 Å². The second kappa shape index (κ2) is 1.73. The van der Waals surface area contributed by atoms with Crippen LogP contribution in [0.15, 0.2) is 10.9 Å². The Labute approximate surface area is 41.3 Å². The predicted octanol–water partition coefficient (Wildman–Crippen LogP) is 0.446. The molecule has 0 spiro atoms. The lowest BCUT2D eigenvalue weighted by Crippen LogP contribution is -1.74. The Hall–Kier alpha value is -0.860. The molecular formula is C4H5N2O. The molecule has 1 radical (unpaired) electrons. The van der Waals surface area contributed by atoms with E-state index in [2.05, 4.69) is 21.6 Å². The van der Waals surface area contributed by atoms with Crippen LogP contribution >= 0.6 is 0 Å². The molecule has 0 fully saturated rings. The van der Waals surface area contributed by atoms with Gasteiger partial charge in [0.25, 0.3) is 0 Å². The highest BCUT2D eigenvalue weighted by Gasteiger charge is 1.88. The molecule has 1 aromatic rings. The molecule has 1 aromatic heterocycles. The summed E-state index contributed by atoms with van der Waals surface area (Å²) in [4.78, 5) is 3.69. The quantitative estimate of drug-likeness (QED) is 0.510. The molecule has 37 valence electrons. The minimum absolute atomic E-state index is 0.569. The first-order valence-corrected chi connectivity index (χ1v) is 1.98. The van der Waals surface area contributed by atoms with Crippen molar-refractivity contribution in [1.82, 2.24) is 10.1 Å². The molecule has 0 saturated heterocycles. The molecular weight excluding hydrogens is 92.1 g/mol. The summed E-state index contributed by atoms with van der Waals surface area (Å²) in [6.45, 7) is 3.53. The molecule has 0 N–H and O–H groups in total. The highest BCUT2D eigenvalue weighted by Crippen LogP contribution is 1.87. The van der Waals surface area contributed by atoms with Gasteiger partial charge in [-0.1, -0.05) is 5.16 Å². The number of rotatable bonds is 1. The fourth-order valence-corrected chi connectivity index (χ4v) is 0.306. The Bertz CT molecular complexity index is 124. The largest absolute Gasteiger partial charge is 0.340 e. The highest BCUT2D eigenvalue weighted by atomic mass is 16.5. The van der Waals surface area contributed by atoms with Crippen LogP contribution in [0.2, 0.25) is 0 Å². The van der Waals surface area contributed by atoms with Gasteiger partial charge in [0, 0.05) is 6.42 Å². The third-order valence-corrected chi connectivity index (χ3v) is 0.621. The molecule has 0 amide bonds. The first-order valence-electron chi connectivity index (χ1n) is 1.98. The van der Waals surface area contributed by atoms with Crippen LogP contribution in [0.1, 0.15) is 5.89 Å². The van der Waals surface area contributed by atoms with Gasteiger partial charge in [-0.2, -0.15) is 4.98 Å². The first-order chi connectivity index (χ1) is 3.43. The second-order valence-electron chi connectivity index (χ2n) is 1.09. The van der Waals surface area contributed by atoms with E-state index in [0.29, 0.717) is 12.3 Å². The summed E-state index contributed by atoms with van der Waals surface area (Å²) in [6.07, 6.45) is 1.93. The van der Waals surface area contributed by atoms with Gasteiger partial charge in [0.05, 0.1) is 0 Å². The van der Waals surface area contributed by atoms with Crippen molar-refractivity contribution in [3.8, 4) is 0 Å². The van der Waals surface area contributed by atoms with Gasteiger partial charge in [0.1, 0.15) is 0 Å². The van der Waals surface area contributed by atoms with Crippen LogP contribution < -0.4 is 0 Å². The molecule has 0 aliphatic heterocycles. The van der Waals surface area contributed by atoms with Crippen LogP contribution in [-0.4, -0.2) is 10.1 Å². The van der Waals surface area contributed by atoms with Crippen molar-refractivity contribution in [2.24, 2.45) is 0 Å². The Kier molecular flexibility index (Phi) is 1.06. The maximum atomic E-state index is 4.56. The summed E-state index contributed by atoms with van der Waals surface area (Å²) in [5.74, 6) is 0.583. The van der Waals surface area contributed by atoms with Crippen molar-refractivity contribution in [3.63, 3.8) is 0 Å². The van der Waals surface area contributed by atoms with Crippen LogP contribution in [0.3, 0.4) is 0 Å². The van der Waals surface area contributed by atoms with Crippen molar-refractivity contribution in [1.29, 1.82) is 0 Å². The Morgan fingerprint density at radius 2 is 2.71 bits per heavy atom. The lowest BCUT2D eigenvalue weighted by molar-refractivity contribution is 0.385. The van der Waals surface area contributed by atoms with Crippen molar-refractivity contribution in [3.05, 3.63) is 19.1 Å². The van der Waals surface area contributed by atoms with Gasteiger partial charge >= 0.3 is 0 Å². The van der Waals surface area contributed by atoms with E-state index in [1.165, 1.54) is 6.33 Å². The molecule has 7 heavy (non-hydrogen) atoms. The maximum Gasteiger partial charge on any atom is 0.226 e. The van der Waals surface area contributed by atoms with Crippen LogP contribution in [0.25, 0.3) is 0 Å². The molecule has 0 aliphatic rings. The number of aromatic nitrogens is 2. The fraction of sp³-hybridized carbons (Fsp3) is 0.250. The lowest BCUT2D eigenvalue weighted by Gasteiger charge is -1.74. The van der Waals surface area contributed by atoms with E-state index in [0.717, 1.165) is 0 Å². The Morgan fingerprint density at radius 3 is 3.00 bits per heavy atom. The topological polar surface area (TPSA) is 38.9 Å². The standard InChI is InChI=1S/C4H5N2O/c1-2-4-5-3-6-7-4/h3H,1-2H2. The number of hydrogen-bond donors (Lipinski definition) is 0. The SMILES string of the molecule is [CH2]Cc1ncno1. The zero-order valence-corrected chi connectivity index (χ0v) is 3.79. The Morgan fingerprint density at radius 1 is 1.86 bits per heavy atom. The van der Waals surface area contributed by atoms with Gasteiger partial charge < -0.3 is 4.52 Å². The third kappa shape index (κ3) is 0.765. The van der Waals surface area contributed by atoms with Gasteiger partial charge in [-0.25, -0.2) is 0 Å². The van der Waals surface area contributed by atoms with E-state index in [1.54, 1.807) is 0 Å². The minimum Gasteiger partial charge on any atom is -0.340 e. The van der Waals surface area contributed by atoms with Gasteiger partial charge in [0.2, 0.25) is 5.89 Å². The molecule has 1 rings (SSSR count). The molecule has 3 nitrogen and oxygen atoms in total. The first kappa shape index (κ1) is 4.30. The molecule has 0 saturated carbocycles. The fourth-order valence-electron chi connectivity index (χ4n) is 0.306. The molecule has 0 unspecified atom stereocenters. The summed E-state index contributed by atoms with van der Waals surface area (Å²) in [6, 6.07) is 0. The second-order valence-corrected chi connectivity index (χ2v) is 1.09. The molecule has 0 aliphatic carbocycles. The molecule has 3 heteroatoms. The van der Waals surface area contributed by atoms with Crippen molar-refractivity contribution in [2.45, 2.75) is 6.42 Å².